The summed E-state index contributed by atoms with van der Waals surface area (Å²) in [5.74, 6) is -2.26. The normalized spacial score (nSPS) is 19.1. The van der Waals surface area contributed by atoms with Gasteiger partial charge >= 0.3 is 5.97 Å². The summed E-state index contributed by atoms with van der Waals surface area (Å²) in [5, 5.41) is 0. The number of nitrogens with zero attached hydrogens (tertiary/aromatic N) is 3. The fraction of sp³-hybridized carbons (Fsp3) is 0.500. The quantitative estimate of drug-likeness (QED) is 0.331. The number of amides is 4. The van der Waals surface area contributed by atoms with Crippen molar-refractivity contribution in [2.45, 2.75) is 57.7 Å². The maximum Gasteiger partial charge on any atom is 0.323 e. The van der Waals surface area contributed by atoms with Crippen LogP contribution in [0.5, 0.6) is 0 Å². The molecule has 1 aromatic rings. The number of rotatable bonds is 12. The molecule has 0 bridgehead atoms. The summed E-state index contributed by atoms with van der Waals surface area (Å²) >= 11 is 0. The van der Waals surface area contributed by atoms with Gasteiger partial charge in [0.1, 0.15) is 12.1 Å². The van der Waals surface area contributed by atoms with Crippen LogP contribution in [-0.2, 0) is 35.1 Å². The van der Waals surface area contributed by atoms with Crippen LogP contribution in [0.15, 0.2) is 42.5 Å². The number of carbonyl (C=O) groups is 5. The number of nitrogens with two attached hydrogens (primary N) is 1. The van der Waals surface area contributed by atoms with Crippen molar-refractivity contribution >= 4 is 29.6 Å². The van der Waals surface area contributed by atoms with Crippen LogP contribution in [0.3, 0.4) is 0 Å². The molecule has 10 nitrogen and oxygen atoms in total. The van der Waals surface area contributed by atoms with E-state index in [1.54, 1.807) is 18.7 Å². The van der Waals surface area contributed by atoms with Gasteiger partial charge in [-0.1, -0.05) is 30.3 Å². The highest BCUT2D eigenvalue weighted by Crippen LogP contribution is 2.22. The lowest BCUT2D eigenvalue weighted by molar-refractivity contribution is -0.154. The van der Waals surface area contributed by atoms with Gasteiger partial charge in [0.2, 0.25) is 11.8 Å². The molecular formula is C26H34N4O6. The van der Waals surface area contributed by atoms with E-state index in [0.717, 1.165) is 10.5 Å². The molecule has 10 heteroatoms. The van der Waals surface area contributed by atoms with Gasteiger partial charge in [0, 0.05) is 31.8 Å². The van der Waals surface area contributed by atoms with E-state index in [1.165, 1.54) is 17.1 Å². The molecule has 1 fully saturated rings. The van der Waals surface area contributed by atoms with E-state index in [-0.39, 0.29) is 25.6 Å². The van der Waals surface area contributed by atoms with Crippen LogP contribution < -0.4 is 5.73 Å². The number of esters is 1. The van der Waals surface area contributed by atoms with Gasteiger partial charge in [0.05, 0.1) is 12.6 Å². The molecule has 0 aromatic heterocycles. The van der Waals surface area contributed by atoms with Crippen LogP contribution in [0, 0.1) is 0 Å². The van der Waals surface area contributed by atoms with Crippen LogP contribution in [0.1, 0.15) is 38.7 Å². The van der Waals surface area contributed by atoms with Crippen molar-refractivity contribution in [2.24, 2.45) is 5.73 Å². The number of imide groups is 1. The minimum absolute atomic E-state index is 0.00275. The largest absolute Gasteiger partial charge is 0.465 e. The van der Waals surface area contributed by atoms with Gasteiger partial charge in [0.25, 0.3) is 11.8 Å². The number of aryl methyl sites for hydroxylation is 1. The minimum atomic E-state index is -0.823. The first kappa shape index (κ1) is 27.1. The van der Waals surface area contributed by atoms with Crippen LogP contribution in [0.25, 0.3) is 0 Å². The van der Waals surface area contributed by atoms with Crippen molar-refractivity contribution in [1.82, 2.24) is 14.7 Å². The van der Waals surface area contributed by atoms with Gasteiger partial charge in [-0.25, -0.2) is 0 Å². The second-order valence-corrected chi connectivity index (χ2v) is 8.96. The number of benzene rings is 1. The van der Waals surface area contributed by atoms with Gasteiger partial charge in [0.15, 0.2) is 0 Å². The molecule has 3 atom stereocenters. The summed E-state index contributed by atoms with van der Waals surface area (Å²) in [6.45, 7) is 4.02. The first-order chi connectivity index (χ1) is 17.2. The van der Waals surface area contributed by atoms with E-state index in [0.29, 0.717) is 32.2 Å². The lowest BCUT2D eigenvalue weighted by atomic mass is 10.0. The lowest BCUT2D eigenvalue weighted by Crippen LogP contribution is -2.57. The fourth-order valence-corrected chi connectivity index (χ4v) is 4.80. The first-order valence-electron chi connectivity index (χ1n) is 12.3. The predicted octanol–water partition coefficient (Wildman–Crippen LogP) is 0.643. The van der Waals surface area contributed by atoms with Crippen molar-refractivity contribution in [3.8, 4) is 0 Å². The van der Waals surface area contributed by atoms with Crippen molar-refractivity contribution in [3.63, 3.8) is 0 Å². The maximum absolute atomic E-state index is 13.6. The Kier molecular flexibility index (Phi) is 9.35. The highest BCUT2D eigenvalue weighted by molar-refractivity contribution is 6.12. The Morgan fingerprint density at radius 2 is 1.81 bits per heavy atom. The molecule has 0 saturated carbocycles. The molecule has 0 unspecified atom stereocenters. The smallest absolute Gasteiger partial charge is 0.323 e. The SMILES string of the molecule is CCOC(=O)[C@H](CCc1ccccc1)N(CCN1C(=O)C=CC1=O)[C@@H](C)C(=O)N1CCC[C@H]1C(N)=O. The van der Waals surface area contributed by atoms with Crippen LogP contribution >= 0.6 is 0 Å². The Morgan fingerprint density at radius 1 is 1.14 bits per heavy atom. The molecular weight excluding hydrogens is 464 g/mol. The van der Waals surface area contributed by atoms with Crippen LogP contribution in [0.4, 0.5) is 0 Å². The zero-order chi connectivity index (χ0) is 26.2. The first-order valence-corrected chi connectivity index (χ1v) is 12.3. The molecule has 0 aliphatic carbocycles. The molecule has 2 heterocycles. The van der Waals surface area contributed by atoms with E-state index in [4.69, 9.17) is 10.5 Å². The Balaban J connectivity index is 1.87. The van der Waals surface area contributed by atoms with Crippen LogP contribution in [-0.4, -0.2) is 88.7 Å². The lowest BCUT2D eigenvalue weighted by Gasteiger charge is -2.37. The summed E-state index contributed by atoms with van der Waals surface area (Å²) in [4.78, 5) is 67.1. The minimum Gasteiger partial charge on any atom is -0.465 e. The number of hydrogen-bond donors (Lipinski definition) is 1. The van der Waals surface area contributed by atoms with E-state index in [9.17, 15) is 24.0 Å². The molecule has 2 aliphatic rings. The van der Waals surface area contributed by atoms with E-state index < -0.39 is 41.8 Å². The summed E-state index contributed by atoms with van der Waals surface area (Å²) in [5.41, 5.74) is 6.55. The number of carbonyl (C=O) groups excluding carboxylic acids is 5. The fourth-order valence-electron chi connectivity index (χ4n) is 4.80. The Hall–Kier alpha value is -3.53. The van der Waals surface area contributed by atoms with Crippen molar-refractivity contribution in [3.05, 3.63) is 48.0 Å². The Morgan fingerprint density at radius 3 is 2.42 bits per heavy atom. The number of primary amides is 1. The maximum atomic E-state index is 13.6. The monoisotopic (exact) mass is 498 g/mol. The van der Waals surface area contributed by atoms with Gasteiger partial charge in [-0.3, -0.25) is 33.8 Å². The highest BCUT2D eigenvalue weighted by atomic mass is 16.5. The molecule has 4 amide bonds. The molecule has 0 spiro atoms. The molecule has 0 radical (unpaired) electrons. The summed E-state index contributed by atoms with van der Waals surface area (Å²) in [6, 6.07) is 7.31. The van der Waals surface area contributed by atoms with E-state index >= 15 is 0 Å². The zero-order valence-electron chi connectivity index (χ0n) is 20.8. The Bertz CT molecular complexity index is 993. The summed E-state index contributed by atoms with van der Waals surface area (Å²) < 4.78 is 5.36. The third-order valence-corrected chi connectivity index (χ3v) is 6.71. The van der Waals surface area contributed by atoms with Crippen molar-refractivity contribution in [1.29, 1.82) is 0 Å². The molecule has 2 aliphatic heterocycles. The van der Waals surface area contributed by atoms with Crippen LogP contribution in [0.2, 0.25) is 0 Å². The zero-order valence-corrected chi connectivity index (χ0v) is 20.8. The standard InChI is InChI=1S/C26H34N4O6/c1-3-36-26(35)21(12-11-19-8-5-4-6-9-19)28(16-17-30-22(31)13-14-23(30)32)18(2)25(34)29-15-7-10-20(29)24(27)33/h4-6,8-9,13-14,18,20-21H,3,7,10-12,15-17H2,1-2H3,(H2,27,33)/t18-,20-,21-/m0/s1. The highest BCUT2D eigenvalue weighted by Gasteiger charge is 2.40. The summed E-state index contributed by atoms with van der Waals surface area (Å²) in [7, 11) is 0. The molecule has 194 valence electrons. The predicted molar refractivity (Wildman–Crippen MR) is 131 cm³/mol. The van der Waals surface area contributed by atoms with Crippen molar-refractivity contribution < 1.29 is 28.7 Å². The third kappa shape index (κ3) is 6.37. The average molecular weight is 499 g/mol. The van der Waals surface area contributed by atoms with Gasteiger partial charge in [-0.05, 0) is 45.1 Å². The topological polar surface area (TPSA) is 130 Å². The second kappa shape index (κ2) is 12.4. The summed E-state index contributed by atoms with van der Waals surface area (Å²) in [6.07, 6.45) is 4.45. The number of likely N-dealkylation sites (tertiary alicyclic amines) is 1. The molecule has 1 saturated heterocycles. The number of ether oxygens (including phenoxy) is 1. The third-order valence-electron chi connectivity index (χ3n) is 6.71. The molecule has 3 rings (SSSR count). The molecule has 36 heavy (non-hydrogen) atoms. The molecule has 2 N–H and O–H groups in total. The van der Waals surface area contributed by atoms with Crippen molar-refractivity contribution in [2.75, 3.05) is 26.2 Å². The van der Waals surface area contributed by atoms with Gasteiger partial charge in [-0.15, -0.1) is 0 Å². The van der Waals surface area contributed by atoms with Gasteiger partial charge in [-0.2, -0.15) is 0 Å². The molecule has 1 aromatic carbocycles. The Labute approximate surface area is 211 Å². The van der Waals surface area contributed by atoms with E-state index in [2.05, 4.69) is 0 Å². The number of hydrogen-bond acceptors (Lipinski definition) is 7. The average Bonchev–Trinajstić information content (AvgIpc) is 3.48. The second-order valence-electron chi connectivity index (χ2n) is 8.96. The van der Waals surface area contributed by atoms with Gasteiger partial charge < -0.3 is 15.4 Å². The van der Waals surface area contributed by atoms with E-state index in [1.807, 2.05) is 30.3 Å².